The van der Waals surface area contributed by atoms with Gasteiger partial charge in [0.1, 0.15) is 0 Å². The van der Waals surface area contributed by atoms with Crippen molar-refractivity contribution in [1.29, 1.82) is 0 Å². The molecule has 0 amide bonds. The van der Waals surface area contributed by atoms with Crippen molar-refractivity contribution in [3.05, 3.63) is 46.0 Å². The van der Waals surface area contributed by atoms with E-state index in [9.17, 15) is 0 Å². The number of aliphatic imine (C=N–C) groups is 1. The fraction of sp³-hybridized carbons (Fsp3) is 0.524. The van der Waals surface area contributed by atoms with E-state index in [1.54, 1.807) is 11.3 Å². The number of hydrogen-bond donors (Lipinski definition) is 2. The van der Waals surface area contributed by atoms with Gasteiger partial charge >= 0.3 is 0 Å². The Labute approximate surface area is 190 Å². The van der Waals surface area contributed by atoms with E-state index >= 15 is 0 Å². The molecule has 1 fully saturated rings. The predicted molar refractivity (Wildman–Crippen MR) is 132 cm³/mol. The van der Waals surface area contributed by atoms with Crippen LogP contribution < -0.4 is 15.5 Å². The minimum absolute atomic E-state index is 0. The highest BCUT2D eigenvalue weighted by molar-refractivity contribution is 14.0. The van der Waals surface area contributed by atoms with Crippen LogP contribution in [0.1, 0.15) is 35.2 Å². The normalized spacial score (nSPS) is 14.1. The van der Waals surface area contributed by atoms with Crippen molar-refractivity contribution in [3.63, 3.8) is 0 Å². The molecule has 2 heterocycles. The number of halogens is 1. The molecular formula is C21H32IN5S. The maximum absolute atomic E-state index is 4.78. The number of hydrogen-bond acceptors (Lipinski definition) is 4. The van der Waals surface area contributed by atoms with Gasteiger partial charge in [-0.2, -0.15) is 0 Å². The smallest absolute Gasteiger partial charge is 0.190 e. The Balaban J connectivity index is 0.00000280. The molecule has 3 rings (SSSR count). The summed E-state index contributed by atoms with van der Waals surface area (Å²) in [7, 11) is 1.82. The van der Waals surface area contributed by atoms with E-state index in [0.717, 1.165) is 45.0 Å². The molecular weight excluding hydrogens is 481 g/mol. The lowest BCUT2D eigenvalue weighted by molar-refractivity contribution is 0.777. The molecule has 1 saturated heterocycles. The van der Waals surface area contributed by atoms with Gasteiger partial charge in [0.05, 0.1) is 5.69 Å². The first-order chi connectivity index (χ1) is 13.1. The minimum atomic E-state index is 0. The highest BCUT2D eigenvalue weighted by Crippen LogP contribution is 2.24. The van der Waals surface area contributed by atoms with Gasteiger partial charge in [0.15, 0.2) is 11.1 Å². The Morgan fingerprint density at radius 3 is 2.36 bits per heavy atom. The number of benzene rings is 1. The number of anilines is 1. The molecule has 1 aliphatic heterocycles. The number of nitrogens with one attached hydrogen (secondary N) is 2. The fourth-order valence-electron chi connectivity index (χ4n) is 3.53. The second-order valence-electron chi connectivity index (χ2n) is 7.24. The Morgan fingerprint density at radius 2 is 1.71 bits per heavy atom. The quantitative estimate of drug-likeness (QED) is 0.335. The van der Waals surface area contributed by atoms with E-state index in [1.807, 2.05) is 7.05 Å². The van der Waals surface area contributed by atoms with Crippen molar-refractivity contribution in [2.45, 2.75) is 39.5 Å². The highest BCUT2D eigenvalue weighted by atomic mass is 127. The molecule has 0 atom stereocenters. The zero-order chi connectivity index (χ0) is 19.1. The number of aromatic nitrogens is 1. The molecule has 0 bridgehead atoms. The van der Waals surface area contributed by atoms with Gasteiger partial charge < -0.3 is 15.5 Å². The highest BCUT2D eigenvalue weighted by Gasteiger charge is 2.15. The second-order valence-corrected chi connectivity index (χ2v) is 8.07. The van der Waals surface area contributed by atoms with Gasteiger partial charge in [0, 0.05) is 45.0 Å². The molecule has 2 N–H and O–H groups in total. The minimum Gasteiger partial charge on any atom is -0.356 e. The van der Waals surface area contributed by atoms with Crippen molar-refractivity contribution in [1.82, 2.24) is 15.6 Å². The third-order valence-electron chi connectivity index (χ3n) is 4.80. The van der Waals surface area contributed by atoms with E-state index in [0.29, 0.717) is 0 Å². The molecule has 0 spiro atoms. The van der Waals surface area contributed by atoms with E-state index in [4.69, 9.17) is 4.98 Å². The van der Waals surface area contributed by atoms with Crippen LogP contribution in [0.15, 0.2) is 28.6 Å². The van der Waals surface area contributed by atoms with E-state index in [-0.39, 0.29) is 24.0 Å². The number of aryl methyl sites for hydroxylation is 2. The van der Waals surface area contributed by atoms with Crippen LogP contribution in [0.25, 0.3) is 0 Å². The maximum Gasteiger partial charge on any atom is 0.190 e. The summed E-state index contributed by atoms with van der Waals surface area (Å²) in [5.41, 5.74) is 5.18. The van der Waals surface area contributed by atoms with Crippen LogP contribution >= 0.6 is 35.3 Å². The topological polar surface area (TPSA) is 52.6 Å². The average Bonchev–Trinajstić information content (AvgIpc) is 3.31. The first-order valence-electron chi connectivity index (χ1n) is 9.85. The molecule has 2 aromatic rings. The van der Waals surface area contributed by atoms with E-state index < -0.39 is 0 Å². The largest absolute Gasteiger partial charge is 0.356 e. The van der Waals surface area contributed by atoms with Crippen LogP contribution in [0.4, 0.5) is 5.13 Å². The summed E-state index contributed by atoms with van der Waals surface area (Å²) in [5, 5.41) is 10.2. The molecule has 28 heavy (non-hydrogen) atoms. The molecule has 0 saturated carbocycles. The van der Waals surface area contributed by atoms with Crippen LogP contribution in [-0.2, 0) is 12.8 Å². The lowest BCUT2D eigenvalue weighted by atomic mass is 10.1. The lowest BCUT2D eigenvalue weighted by Gasteiger charge is -2.13. The molecule has 154 valence electrons. The molecule has 5 nitrogen and oxygen atoms in total. The van der Waals surface area contributed by atoms with Gasteiger partial charge in [-0.1, -0.05) is 29.3 Å². The van der Waals surface area contributed by atoms with E-state index in [1.165, 1.54) is 40.4 Å². The zero-order valence-corrected chi connectivity index (χ0v) is 20.3. The van der Waals surface area contributed by atoms with E-state index in [2.05, 4.69) is 58.0 Å². The molecule has 0 unspecified atom stereocenters. The Hall–Kier alpha value is -1.35. The molecule has 1 aromatic heterocycles. The lowest BCUT2D eigenvalue weighted by Crippen LogP contribution is -2.39. The second kappa shape index (κ2) is 11.6. The van der Waals surface area contributed by atoms with Crippen LogP contribution in [0.5, 0.6) is 0 Å². The van der Waals surface area contributed by atoms with Crippen molar-refractivity contribution >= 4 is 46.4 Å². The number of thiazole rings is 1. The molecule has 0 aliphatic carbocycles. The van der Waals surface area contributed by atoms with Crippen LogP contribution in [0.2, 0.25) is 0 Å². The van der Waals surface area contributed by atoms with Crippen LogP contribution in [0, 0.1) is 13.8 Å². The summed E-state index contributed by atoms with van der Waals surface area (Å²) >= 11 is 1.77. The summed E-state index contributed by atoms with van der Waals surface area (Å²) in [6.45, 7) is 8.32. The summed E-state index contributed by atoms with van der Waals surface area (Å²) in [5.74, 6) is 0.856. The summed E-state index contributed by atoms with van der Waals surface area (Å²) < 4.78 is 0. The first-order valence-corrected chi connectivity index (χ1v) is 10.7. The monoisotopic (exact) mass is 513 g/mol. The van der Waals surface area contributed by atoms with Crippen molar-refractivity contribution in [2.24, 2.45) is 4.99 Å². The molecule has 1 aromatic carbocycles. The van der Waals surface area contributed by atoms with Gasteiger partial charge in [-0.15, -0.1) is 35.3 Å². The average molecular weight is 513 g/mol. The predicted octanol–water partition coefficient (Wildman–Crippen LogP) is 3.93. The maximum atomic E-state index is 4.78. The summed E-state index contributed by atoms with van der Waals surface area (Å²) in [4.78, 5) is 11.5. The van der Waals surface area contributed by atoms with Crippen molar-refractivity contribution in [3.8, 4) is 0 Å². The van der Waals surface area contributed by atoms with Gasteiger partial charge in [0.25, 0.3) is 0 Å². The van der Waals surface area contributed by atoms with Gasteiger partial charge in [-0.3, -0.25) is 4.99 Å². The van der Waals surface area contributed by atoms with Gasteiger partial charge in [-0.25, -0.2) is 4.98 Å². The van der Waals surface area contributed by atoms with Crippen molar-refractivity contribution < 1.29 is 0 Å². The number of guanidine groups is 1. The molecule has 0 radical (unpaired) electrons. The van der Waals surface area contributed by atoms with Gasteiger partial charge in [-0.05, 0) is 38.7 Å². The number of rotatable bonds is 7. The number of nitrogens with zero attached hydrogens (tertiary/aromatic N) is 3. The summed E-state index contributed by atoms with van der Waals surface area (Å²) in [6, 6.07) is 6.72. The molecule has 7 heteroatoms. The Kier molecular flexibility index (Phi) is 9.50. The third-order valence-corrected chi connectivity index (χ3v) is 5.75. The standard InChI is InChI=1S/C21H31N5S.HI/c1-16-12-17(2)14-18(13-16)6-8-23-20(22-3)24-9-7-19-15-27-21(25-19)26-10-4-5-11-26;/h12-15H,4-11H2,1-3H3,(H2,22,23,24);1H. The Morgan fingerprint density at radius 1 is 1.07 bits per heavy atom. The summed E-state index contributed by atoms with van der Waals surface area (Å²) in [6.07, 6.45) is 4.50. The Bertz CT molecular complexity index is 748. The first kappa shape index (κ1) is 22.9. The third kappa shape index (κ3) is 6.92. The van der Waals surface area contributed by atoms with Gasteiger partial charge in [0.2, 0.25) is 0 Å². The van der Waals surface area contributed by atoms with Crippen LogP contribution in [0.3, 0.4) is 0 Å². The SMILES string of the molecule is CN=C(NCCc1cc(C)cc(C)c1)NCCc1csc(N2CCCC2)n1.I. The fourth-order valence-corrected chi connectivity index (χ4v) is 4.45. The zero-order valence-electron chi connectivity index (χ0n) is 17.1. The van der Waals surface area contributed by atoms with Crippen LogP contribution in [-0.4, -0.2) is 44.2 Å². The van der Waals surface area contributed by atoms with Crippen molar-refractivity contribution in [2.75, 3.05) is 38.1 Å². The molecule has 1 aliphatic rings.